The van der Waals surface area contributed by atoms with Crippen LogP contribution in [0.2, 0.25) is 0 Å². The van der Waals surface area contributed by atoms with E-state index in [9.17, 15) is 0 Å². The lowest BCUT2D eigenvalue weighted by molar-refractivity contribution is 0.511. The Hall–Kier alpha value is -0.450. The third kappa shape index (κ3) is 4.36. The zero-order valence-corrected chi connectivity index (χ0v) is 9.03. The van der Waals surface area contributed by atoms with Gasteiger partial charge in [-0.05, 0) is 13.5 Å². The molecular weight excluding hydrogens is 182 g/mol. The molecule has 2 N–H and O–H groups in total. The topological polar surface area (TPSA) is 37.0 Å². The number of hydrogen-bond donors (Lipinski definition) is 2. The van der Waals surface area contributed by atoms with Crippen LogP contribution < -0.4 is 10.6 Å². The fourth-order valence-electron chi connectivity index (χ4n) is 1.04. The number of rotatable bonds is 6. The van der Waals surface area contributed by atoms with Crippen molar-refractivity contribution in [2.24, 2.45) is 0 Å². The average Bonchev–Trinajstić information content (AvgIpc) is 2.64. The van der Waals surface area contributed by atoms with Gasteiger partial charge in [0, 0.05) is 30.2 Å². The molecule has 0 aliphatic heterocycles. The summed E-state index contributed by atoms with van der Waals surface area (Å²) in [5.74, 6) is 0. The van der Waals surface area contributed by atoms with Crippen molar-refractivity contribution in [1.29, 1.82) is 0 Å². The molecular formula is C9H17N3S. The first kappa shape index (κ1) is 10.6. The minimum absolute atomic E-state index is 0.516. The summed E-state index contributed by atoms with van der Waals surface area (Å²) >= 11 is 1.69. The zero-order valence-electron chi connectivity index (χ0n) is 8.21. The molecule has 1 aromatic rings. The van der Waals surface area contributed by atoms with E-state index in [2.05, 4.69) is 29.5 Å². The summed E-state index contributed by atoms with van der Waals surface area (Å²) in [6, 6.07) is 0.516. The van der Waals surface area contributed by atoms with Crippen LogP contribution in [0.15, 0.2) is 11.7 Å². The molecule has 13 heavy (non-hydrogen) atoms. The van der Waals surface area contributed by atoms with Gasteiger partial charge in [-0.15, -0.1) is 11.3 Å². The lowest BCUT2D eigenvalue weighted by atomic mass is 10.3. The molecule has 3 nitrogen and oxygen atoms in total. The Morgan fingerprint density at radius 2 is 2.46 bits per heavy atom. The Kier molecular flexibility index (Phi) is 4.97. The van der Waals surface area contributed by atoms with E-state index >= 15 is 0 Å². The highest BCUT2D eigenvalue weighted by molar-refractivity contribution is 7.09. The lowest BCUT2D eigenvalue weighted by Gasteiger charge is -2.12. The Bertz CT molecular complexity index is 211. The summed E-state index contributed by atoms with van der Waals surface area (Å²) in [5, 5.41) is 6.73. The van der Waals surface area contributed by atoms with Crippen LogP contribution in [0.25, 0.3) is 0 Å². The summed E-state index contributed by atoms with van der Waals surface area (Å²) in [6.45, 7) is 7.29. The van der Waals surface area contributed by atoms with Crippen molar-refractivity contribution in [3.05, 3.63) is 16.6 Å². The number of thiazole rings is 1. The zero-order chi connectivity index (χ0) is 9.52. The third-order valence-corrected chi connectivity index (χ3v) is 2.59. The highest BCUT2D eigenvalue weighted by Gasteiger charge is 2.00. The summed E-state index contributed by atoms with van der Waals surface area (Å²) < 4.78 is 0. The van der Waals surface area contributed by atoms with E-state index in [1.54, 1.807) is 11.3 Å². The van der Waals surface area contributed by atoms with Crippen molar-refractivity contribution < 1.29 is 0 Å². The van der Waals surface area contributed by atoms with Crippen molar-refractivity contribution in [1.82, 2.24) is 15.6 Å². The van der Waals surface area contributed by atoms with E-state index in [4.69, 9.17) is 0 Å². The van der Waals surface area contributed by atoms with E-state index in [1.165, 1.54) is 4.88 Å². The van der Waals surface area contributed by atoms with E-state index < -0.39 is 0 Å². The number of hydrogen-bond acceptors (Lipinski definition) is 4. The molecule has 1 atom stereocenters. The smallest absolute Gasteiger partial charge is 0.0794 e. The van der Waals surface area contributed by atoms with Gasteiger partial charge in [0.1, 0.15) is 0 Å². The second kappa shape index (κ2) is 6.07. The van der Waals surface area contributed by atoms with Crippen molar-refractivity contribution in [2.45, 2.75) is 26.4 Å². The molecule has 0 aliphatic carbocycles. The van der Waals surface area contributed by atoms with Gasteiger partial charge in [0.15, 0.2) is 0 Å². The Labute approximate surface area is 83.6 Å². The van der Waals surface area contributed by atoms with E-state index in [-0.39, 0.29) is 0 Å². The molecule has 4 heteroatoms. The first-order valence-corrected chi connectivity index (χ1v) is 5.52. The number of nitrogens with one attached hydrogen (secondary N) is 2. The summed E-state index contributed by atoms with van der Waals surface area (Å²) in [7, 11) is 0. The van der Waals surface area contributed by atoms with Gasteiger partial charge in [-0.25, -0.2) is 0 Å². The van der Waals surface area contributed by atoms with Crippen LogP contribution in [0.5, 0.6) is 0 Å². The molecule has 0 radical (unpaired) electrons. The molecule has 1 unspecified atom stereocenters. The molecule has 1 rings (SSSR count). The highest BCUT2D eigenvalue weighted by Crippen LogP contribution is 2.04. The van der Waals surface area contributed by atoms with Crippen LogP contribution in [0.4, 0.5) is 0 Å². The van der Waals surface area contributed by atoms with Gasteiger partial charge in [-0.3, -0.25) is 4.98 Å². The molecule has 0 fully saturated rings. The average molecular weight is 199 g/mol. The van der Waals surface area contributed by atoms with Gasteiger partial charge in [0.2, 0.25) is 0 Å². The van der Waals surface area contributed by atoms with Gasteiger partial charge in [-0.2, -0.15) is 0 Å². The highest BCUT2D eigenvalue weighted by atomic mass is 32.1. The first-order valence-electron chi connectivity index (χ1n) is 4.64. The Balaban J connectivity index is 2.11. The first-order chi connectivity index (χ1) is 6.33. The van der Waals surface area contributed by atoms with Gasteiger partial charge in [0.25, 0.3) is 0 Å². The Morgan fingerprint density at radius 3 is 3.08 bits per heavy atom. The molecule has 0 spiro atoms. The number of nitrogens with zero attached hydrogens (tertiary/aromatic N) is 1. The molecule has 1 aromatic heterocycles. The molecule has 0 saturated heterocycles. The molecule has 0 bridgehead atoms. The van der Waals surface area contributed by atoms with Crippen LogP contribution in [0.3, 0.4) is 0 Å². The fourth-order valence-corrected chi connectivity index (χ4v) is 1.58. The van der Waals surface area contributed by atoms with Crippen LogP contribution in [-0.2, 0) is 6.54 Å². The monoisotopic (exact) mass is 199 g/mol. The molecule has 74 valence electrons. The van der Waals surface area contributed by atoms with Gasteiger partial charge >= 0.3 is 0 Å². The molecule has 1 heterocycles. The largest absolute Gasteiger partial charge is 0.315 e. The lowest BCUT2D eigenvalue weighted by Crippen LogP contribution is -2.35. The SMILES string of the molecule is CCNCC(C)NCc1cncs1. The minimum Gasteiger partial charge on any atom is -0.315 e. The summed E-state index contributed by atoms with van der Waals surface area (Å²) in [6.07, 6.45) is 1.91. The molecule has 0 amide bonds. The van der Waals surface area contributed by atoms with Crippen LogP contribution >= 0.6 is 11.3 Å². The van der Waals surface area contributed by atoms with Gasteiger partial charge in [0.05, 0.1) is 5.51 Å². The predicted octanol–water partition coefficient (Wildman–Crippen LogP) is 1.23. The van der Waals surface area contributed by atoms with Crippen molar-refractivity contribution in [3.8, 4) is 0 Å². The van der Waals surface area contributed by atoms with E-state index in [1.807, 2.05) is 11.7 Å². The van der Waals surface area contributed by atoms with Crippen LogP contribution in [0, 0.1) is 0 Å². The quantitative estimate of drug-likeness (QED) is 0.723. The molecule has 0 aromatic carbocycles. The van der Waals surface area contributed by atoms with Crippen LogP contribution in [-0.4, -0.2) is 24.1 Å². The molecule has 0 aliphatic rings. The maximum Gasteiger partial charge on any atom is 0.0794 e. The van der Waals surface area contributed by atoms with Gasteiger partial charge < -0.3 is 10.6 Å². The standard InChI is InChI=1S/C9H17N3S/c1-3-10-4-8(2)12-6-9-5-11-7-13-9/h5,7-8,10,12H,3-4,6H2,1-2H3. The second-order valence-corrected chi connectivity index (χ2v) is 4.03. The van der Waals surface area contributed by atoms with Crippen LogP contribution in [0.1, 0.15) is 18.7 Å². The number of aromatic nitrogens is 1. The third-order valence-electron chi connectivity index (χ3n) is 1.81. The maximum atomic E-state index is 4.03. The molecule has 0 saturated carbocycles. The van der Waals surface area contributed by atoms with E-state index in [0.717, 1.165) is 19.6 Å². The maximum absolute atomic E-state index is 4.03. The summed E-state index contributed by atoms with van der Waals surface area (Å²) in [4.78, 5) is 5.32. The Morgan fingerprint density at radius 1 is 1.62 bits per heavy atom. The predicted molar refractivity (Wildman–Crippen MR) is 57.0 cm³/mol. The second-order valence-electron chi connectivity index (χ2n) is 3.06. The van der Waals surface area contributed by atoms with E-state index in [0.29, 0.717) is 6.04 Å². The van der Waals surface area contributed by atoms with Crippen molar-refractivity contribution in [3.63, 3.8) is 0 Å². The minimum atomic E-state index is 0.516. The number of likely N-dealkylation sites (N-methyl/N-ethyl adjacent to an activating group) is 1. The van der Waals surface area contributed by atoms with Crippen molar-refractivity contribution in [2.75, 3.05) is 13.1 Å². The normalized spacial score (nSPS) is 13.1. The van der Waals surface area contributed by atoms with Gasteiger partial charge in [-0.1, -0.05) is 6.92 Å². The summed E-state index contributed by atoms with van der Waals surface area (Å²) in [5.41, 5.74) is 1.87. The fraction of sp³-hybridized carbons (Fsp3) is 0.667. The van der Waals surface area contributed by atoms with Crippen molar-refractivity contribution >= 4 is 11.3 Å².